The summed E-state index contributed by atoms with van der Waals surface area (Å²) in [4.78, 5) is 10.2. The van der Waals surface area contributed by atoms with E-state index in [2.05, 4.69) is 0 Å². The van der Waals surface area contributed by atoms with E-state index in [9.17, 15) is 9.18 Å². The van der Waals surface area contributed by atoms with E-state index in [1.54, 1.807) is 0 Å². The molecule has 0 amide bonds. The first-order chi connectivity index (χ1) is 7.66. The van der Waals surface area contributed by atoms with Gasteiger partial charge < -0.3 is 10.2 Å². The van der Waals surface area contributed by atoms with Crippen molar-refractivity contribution in [3.05, 3.63) is 0 Å². The number of rotatable bonds is 11. The number of alkyl halides is 1. The summed E-state index contributed by atoms with van der Waals surface area (Å²) in [7, 11) is 0. The summed E-state index contributed by atoms with van der Waals surface area (Å²) in [5, 5.41) is 17.4. The average Bonchev–Trinajstić information content (AvgIpc) is 2.26. The summed E-state index contributed by atoms with van der Waals surface area (Å²) >= 11 is 0. The maximum Gasteiger partial charge on any atom is 0.303 e. The molecule has 0 heterocycles. The zero-order valence-electron chi connectivity index (χ0n) is 9.83. The maximum absolute atomic E-state index is 11.9. The van der Waals surface area contributed by atoms with Gasteiger partial charge in [-0.05, 0) is 12.8 Å². The third-order valence-corrected chi connectivity index (χ3v) is 2.61. The van der Waals surface area contributed by atoms with Crippen molar-refractivity contribution in [3.8, 4) is 0 Å². The van der Waals surface area contributed by atoms with Crippen LogP contribution in [0.4, 0.5) is 4.39 Å². The minimum atomic E-state index is -0.782. The minimum absolute atomic E-state index is 0.267. The summed E-state index contributed by atoms with van der Waals surface area (Å²) in [6.07, 6.45) is 6.93. The normalized spacial score (nSPS) is 12.6. The third kappa shape index (κ3) is 11.4. The van der Waals surface area contributed by atoms with Crippen LogP contribution in [0.25, 0.3) is 0 Å². The van der Waals surface area contributed by atoms with Gasteiger partial charge in [0.05, 0.1) is 6.10 Å². The van der Waals surface area contributed by atoms with Gasteiger partial charge in [0.25, 0.3) is 0 Å². The number of aliphatic hydroxyl groups excluding tert-OH is 1. The Bertz CT molecular complexity index is 174. The molecule has 0 saturated heterocycles. The summed E-state index contributed by atoms with van der Waals surface area (Å²) in [6, 6.07) is 0. The van der Waals surface area contributed by atoms with E-state index < -0.39 is 18.7 Å². The molecule has 1 unspecified atom stereocenters. The summed E-state index contributed by atoms with van der Waals surface area (Å²) in [5.74, 6) is -0.722. The van der Waals surface area contributed by atoms with Gasteiger partial charge in [-0.2, -0.15) is 0 Å². The van der Waals surface area contributed by atoms with Crippen LogP contribution < -0.4 is 0 Å². The molecular formula is C12H23FO3. The number of carboxylic acids is 1. The second-order valence-corrected chi connectivity index (χ2v) is 4.22. The first-order valence-corrected chi connectivity index (χ1v) is 6.12. The van der Waals surface area contributed by atoms with Crippen LogP contribution in [0.3, 0.4) is 0 Å². The fourth-order valence-corrected chi connectivity index (χ4v) is 1.62. The summed E-state index contributed by atoms with van der Waals surface area (Å²) < 4.78 is 11.9. The van der Waals surface area contributed by atoms with E-state index >= 15 is 0 Å². The lowest BCUT2D eigenvalue weighted by atomic mass is 10.1. The molecule has 0 aromatic heterocycles. The van der Waals surface area contributed by atoms with E-state index in [0.717, 1.165) is 44.9 Å². The van der Waals surface area contributed by atoms with Gasteiger partial charge in [-0.3, -0.25) is 4.79 Å². The second-order valence-electron chi connectivity index (χ2n) is 4.22. The van der Waals surface area contributed by atoms with Crippen molar-refractivity contribution in [1.82, 2.24) is 0 Å². The number of aliphatic hydroxyl groups is 1. The Balaban J connectivity index is 3.01. The molecule has 0 spiro atoms. The van der Waals surface area contributed by atoms with Gasteiger partial charge in [-0.1, -0.05) is 38.5 Å². The predicted molar refractivity (Wildman–Crippen MR) is 61.2 cm³/mol. The van der Waals surface area contributed by atoms with Gasteiger partial charge in [0.2, 0.25) is 0 Å². The molecule has 0 aliphatic carbocycles. The molecular weight excluding hydrogens is 211 g/mol. The zero-order valence-corrected chi connectivity index (χ0v) is 9.83. The standard InChI is InChI=1S/C12H23FO3/c13-10-11(14)8-6-4-2-1-3-5-7-9-12(15)16/h11,14H,1-10H2,(H,15,16). The molecule has 0 radical (unpaired) electrons. The molecule has 96 valence electrons. The van der Waals surface area contributed by atoms with E-state index in [-0.39, 0.29) is 6.42 Å². The Kier molecular flexibility index (Phi) is 10.4. The topological polar surface area (TPSA) is 57.5 Å². The van der Waals surface area contributed by atoms with Gasteiger partial charge >= 0.3 is 5.97 Å². The number of carbonyl (C=O) groups is 1. The number of aliphatic carboxylic acids is 1. The molecule has 3 nitrogen and oxygen atoms in total. The number of carboxylic acid groups (broad SMARTS) is 1. The lowest BCUT2D eigenvalue weighted by Gasteiger charge is -2.05. The number of hydrogen-bond donors (Lipinski definition) is 2. The third-order valence-electron chi connectivity index (χ3n) is 2.61. The Morgan fingerprint density at radius 3 is 2.00 bits per heavy atom. The van der Waals surface area contributed by atoms with Crippen LogP contribution in [0.15, 0.2) is 0 Å². The summed E-state index contributed by atoms with van der Waals surface area (Å²) in [6.45, 7) is -0.644. The van der Waals surface area contributed by atoms with Crippen molar-refractivity contribution in [2.24, 2.45) is 0 Å². The molecule has 16 heavy (non-hydrogen) atoms. The van der Waals surface area contributed by atoms with E-state index in [0.29, 0.717) is 6.42 Å². The number of unbranched alkanes of at least 4 members (excludes halogenated alkanes) is 6. The molecule has 0 aliphatic heterocycles. The van der Waals surface area contributed by atoms with Crippen LogP contribution in [-0.4, -0.2) is 29.0 Å². The molecule has 0 bridgehead atoms. The highest BCUT2D eigenvalue weighted by molar-refractivity contribution is 5.66. The predicted octanol–water partition coefficient (Wildman–Crippen LogP) is 2.91. The Morgan fingerprint density at radius 2 is 1.50 bits per heavy atom. The average molecular weight is 234 g/mol. The molecule has 0 saturated carbocycles. The molecule has 0 aliphatic rings. The molecule has 0 aromatic carbocycles. The van der Waals surface area contributed by atoms with Gasteiger partial charge in [-0.15, -0.1) is 0 Å². The smallest absolute Gasteiger partial charge is 0.303 e. The first kappa shape index (κ1) is 15.4. The molecule has 0 fully saturated rings. The molecule has 1 atom stereocenters. The Morgan fingerprint density at radius 1 is 1.00 bits per heavy atom. The highest BCUT2D eigenvalue weighted by atomic mass is 19.1. The van der Waals surface area contributed by atoms with Crippen molar-refractivity contribution in [1.29, 1.82) is 0 Å². The monoisotopic (exact) mass is 234 g/mol. The summed E-state index contributed by atoms with van der Waals surface area (Å²) in [5.41, 5.74) is 0. The van der Waals surface area contributed by atoms with E-state index in [1.807, 2.05) is 0 Å². The highest BCUT2D eigenvalue weighted by Gasteiger charge is 2.01. The molecule has 0 aromatic rings. The van der Waals surface area contributed by atoms with Crippen molar-refractivity contribution in [2.45, 2.75) is 63.9 Å². The quantitative estimate of drug-likeness (QED) is 0.540. The zero-order chi connectivity index (χ0) is 12.2. The van der Waals surface area contributed by atoms with Gasteiger partial charge in [-0.25, -0.2) is 4.39 Å². The molecule has 2 N–H and O–H groups in total. The van der Waals surface area contributed by atoms with Crippen LogP contribution in [0.5, 0.6) is 0 Å². The Hall–Kier alpha value is -0.640. The van der Waals surface area contributed by atoms with Gasteiger partial charge in [0, 0.05) is 6.42 Å². The molecule has 4 heteroatoms. The molecule has 0 rings (SSSR count). The lowest BCUT2D eigenvalue weighted by molar-refractivity contribution is -0.137. The van der Waals surface area contributed by atoms with Crippen LogP contribution in [0.2, 0.25) is 0 Å². The maximum atomic E-state index is 11.9. The minimum Gasteiger partial charge on any atom is -0.481 e. The van der Waals surface area contributed by atoms with Gasteiger partial charge in [0.1, 0.15) is 6.67 Å². The number of halogens is 1. The SMILES string of the molecule is O=C(O)CCCCCCCCCC(O)CF. The van der Waals surface area contributed by atoms with Crippen molar-refractivity contribution in [3.63, 3.8) is 0 Å². The number of hydrogen-bond acceptors (Lipinski definition) is 2. The van der Waals surface area contributed by atoms with Gasteiger partial charge in [0.15, 0.2) is 0 Å². The van der Waals surface area contributed by atoms with E-state index in [1.165, 1.54) is 0 Å². The van der Waals surface area contributed by atoms with Crippen LogP contribution >= 0.6 is 0 Å². The second kappa shape index (κ2) is 10.9. The van der Waals surface area contributed by atoms with Crippen LogP contribution in [0, 0.1) is 0 Å². The van der Waals surface area contributed by atoms with Crippen molar-refractivity contribution in [2.75, 3.05) is 6.67 Å². The lowest BCUT2D eigenvalue weighted by Crippen LogP contribution is -2.07. The fraction of sp³-hybridized carbons (Fsp3) is 0.917. The highest BCUT2D eigenvalue weighted by Crippen LogP contribution is 2.10. The largest absolute Gasteiger partial charge is 0.481 e. The first-order valence-electron chi connectivity index (χ1n) is 6.12. The van der Waals surface area contributed by atoms with Crippen LogP contribution in [0.1, 0.15) is 57.8 Å². The van der Waals surface area contributed by atoms with Crippen LogP contribution in [-0.2, 0) is 4.79 Å². The van der Waals surface area contributed by atoms with E-state index in [4.69, 9.17) is 10.2 Å². The Labute approximate surface area is 96.7 Å². The fourth-order valence-electron chi connectivity index (χ4n) is 1.62. The van der Waals surface area contributed by atoms with Crippen molar-refractivity contribution < 1.29 is 19.4 Å². The van der Waals surface area contributed by atoms with Crippen molar-refractivity contribution >= 4 is 5.97 Å².